The maximum Gasteiger partial charge on any atom is -1.00 e. The summed E-state index contributed by atoms with van der Waals surface area (Å²) in [6.45, 7) is 9.97. The van der Waals surface area contributed by atoms with Gasteiger partial charge < -0.3 is 24.8 Å². The Hall–Kier alpha value is 0.410. The van der Waals surface area contributed by atoms with Gasteiger partial charge in [-0.2, -0.15) is 0 Å². The zero-order valence-corrected chi connectivity index (χ0v) is 22.3. The first-order valence-corrected chi connectivity index (χ1v) is 14.7. The summed E-state index contributed by atoms with van der Waals surface area (Å²) in [7, 11) is 0. The molecule has 0 aliphatic heterocycles. The van der Waals surface area contributed by atoms with Crippen LogP contribution in [0, 0.1) is 35.5 Å². The second-order valence-electron chi connectivity index (χ2n) is 9.46. The first kappa shape index (κ1) is 23.7. The molecule has 27 heavy (non-hydrogen) atoms. The molecule has 4 aliphatic carbocycles. The van der Waals surface area contributed by atoms with E-state index in [1.54, 1.807) is 0 Å². The first-order valence-electron chi connectivity index (χ1n) is 10.6. The molecular formula is C24H34Cl2Hf. The largest absolute Gasteiger partial charge is 1.00 e. The standard InChI is InChI=1S/2C12H17.2ClH.Hf/c2*1-9(2)12-7-10-5-3-4-6-11(10)8-12;;;/h2*3-5,7,9,11-12H,6,8H2,1-2H3;2*1H;/q;;;;+2/p-2. The number of allylic oxidation sites excluding steroid dienone is 8. The third-order valence-electron chi connectivity index (χ3n) is 7.39. The molecule has 0 nitrogen and oxygen atoms in total. The van der Waals surface area contributed by atoms with E-state index in [9.17, 15) is 0 Å². The van der Waals surface area contributed by atoms with Crippen LogP contribution in [-0.2, 0) is 22.9 Å². The molecule has 0 spiro atoms. The van der Waals surface area contributed by atoms with Gasteiger partial charge in [-0.3, -0.25) is 0 Å². The zero-order chi connectivity index (χ0) is 17.6. The predicted octanol–water partition coefficient (Wildman–Crippen LogP) is 1.01. The molecule has 148 valence electrons. The van der Waals surface area contributed by atoms with Crippen LogP contribution in [-0.4, -0.2) is 0 Å². The van der Waals surface area contributed by atoms with Crippen LogP contribution < -0.4 is 24.8 Å². The van der Waals surface area contributed by atoms with E-state index in [0.717, 1.165) is 42.9 Å². The van der Waals surface area contributed by atoms with Crippen molar-refractivity contribution in [2.24, 2.45) is 35.5 Å². The topological polar surface area (TPSA) is 0 Å². The van der Waals surface area contributed by atoms with Crippen LogP contribution in [0.25, 0.3) is 0 Å². The fraction of sp³-hybridized carbons (Fsp3) is 0.667. The van der Waals surface area contributed by atoms with Crippen molar-refractivity contribution in [1.29, 1.82) is 0 Å². The Morgan fingerprint density at radius 1 is 0.741 bits per heavy atom. The van der Waals surface area contributed by atoms with Crippen molar-refractivity contribution in [3.05, 3.63) is 47.6 Å². The van der Waals surface area contributed by atoms with E-state index in [-0.39, 0.29) is 24.8 Å². The molecule has 0 heterocycles. The summed E-state index contributed by atoms with van der Waals surface area (Å²) < 4.78 is 2.04. The molecule has 0 aromatic heterocycles. The fourth-order valence-electron chi connectivity index (χ4n) is 5.94. The summed E-state index contributed by atoms with van der Waals surface area (Å²) in [6, 6.07) is 0. The van der Waals surface area contributed by atoms with Crippen LogP contribution in [0.15, 0.2) is 47.6 Å². The Morgan fingerprint density at radius 3 is 1.52 bits per heavy atom. The van der Waals surface area contributed by atoms with Gasteiger partial charge >= 0.3 is 167 Å². The minimum Gasteiger partial charge on any atom is -1.00 e. The zero-order valence-electron chi connectivity index (χ0n) is 17.2. The monoisotopic (exact) mass is 572 g/mol. The van der Waals surface area contributed by atoms with Crippen LogP contribution in [0.2, 0.25) is 7.35 Å². The van der Waals surface area contributed by atoms with E-state index >= 15 is 0 Å². The fourth-order valence-corrected chi connectivity index (χ4v) is 16.6. The molecule has 2 saturated carbocycles. The molecule has 4 rings (SSSR count). The molecule has 0 saturated heterocycles. The van der Waals surface area contributed by atoms with Crippen molar-refractivity contribution in [2.75, 3.05) is 0 Å². The van der Waals surface area contributed by atoms with Gasteiger partial charge in [0.25, 0.3) is 0 Å². The Kier molecular flexibility index (Phi) is 8.72. The van der Waals surface area contributed by atoms with Crippen molar-refractivity contribution in [3.8, 4) is 0 Å². The smallest absolute Gasteiger partial charge is 1.00 e. The van der Waals surface area contributed by atoms with Gasteiger partial charge in [-0.25, -0.2) is 0 Å². The summed E-state index contributed by atoms with van der Waals surface area (Å²) in [4.78, 5) is 0. The van der Waals surface area contributed by atoms with Gasteiger partial charge in [-0.1, -0.05) is 0 Å². The molecular weight excluding hydrogens is 538 g/mol. The Labute approximate surface area is 190 Å². The average molecular weight is 572 g/mol. The van der Waals surface area contributed by atoms with Crippen LogP contribution in [0.1, 0.15) is 53.4 Å². The molecule has 6 unspecified atom stereocenters. The number of rotatable bonds is 4. The van der Waals surface area contributed by atoms with Crippen LogP contribution in [0.3, 0.4) is 0 Å². The maximum absolute atomic E-state index is 2.54. The Balaban J connectivity index is 0.00000131. The molecule has 0 amide bonds. The van der Waals surface area contributed by atoms with Gasteiger partial charge in [0.1, 0.15) is 0 Å². The molecule has 0 radical (unpaired) electrons. The molecule has 6 atom stereocenters. The average Bonchev–Trinajstić information content (AvgIpc) is 3.15. The van der Waals surface area contributed by atoms with Crippen molar-refractivity contribution in [2.45, 2.75) is 60.7 Å². The molecule has 0 N–H and O–H groups in total. The quantitative estimate of drug-likeness (QED) is 0.442. The van der Waals surface area contributed by atoms with Gasteiger partial charge in [0.2, 0.25) is 0 Å². The predicted molar refractivity (Wildman–Crippen MR) is 104 cm³/mol. The van der Waals surface area contributed by atoms with Crippen molar-refractivity contribution in [3.63, 3.8) is 0 Å². The van der Waals surface area contributed by atoms with Gasteiger partial charge in [-0.15, -0.1) is 0 Å². The molecule has 0 bridgehead atoms. The molecule has 4 aliphatic rings. The number of hydrogen-bond donors (Lipinski definition) is 0. The summed E-state index contributed by atoms with van der Waals surface area (Å²) in [5.74, 6) is 5.46. The van der Waals surface area contributed by atoms with Gasteiger partial charge in [0.05, 0.1) is 0 Å². The van der Waals surface area contributed by atoms with Gasteiger partial charge in [0.15, 0.2) is 0 Å². The minimum absolute atomic E-state index is 0. The molecule has 0 aromatic carbocycles. The van der Waals surface area contributed by atoms with E-state index < -0.39 is 22.9 Å². The van der Waals surface area contributed by atoms with E-state index in [1.165, 1.54) is 25.7 Å². The minimum atomic E-state index is -0.779. The van der Waals surface area contributed by atoms with Crippen molar-refractivity contribution in [1.82, 2.24) is 0 Å². The Bertz CT molecular complexity index is 574. The molecule has 0 aromatic rings. The summed E-state index contributed by atoms with van der Waals surface area (Å²) in [6.07, 6.45) is 20.2. The molecule has 3 heteroatoms. The van der Waals surface area contributed by atoms with Crippen LogP contribution in [0.5, 0.6) is 0 Å². The third kappa shape index (κ3) is 4.61. The number of halogens is 2. The molecule has 2 fully saturated rings. The number of hydrogen-bond acceptors (Lipinski definition) is 0. The third-order valence-corrected chi connectivity index (χ3v) is 15.4. The normalized spacial score (nSPS) is 36.4. The van der Waals surface area contributed by atoms with E-state index in [4.69, 9.17) is 0 Å². The Morgan fingerprint density at radius 2 is 1.15 bits per heavy atom. The van der Waals surface area contributed by atoms with Gasteiger partial charge in [0, 0.05) is 0 Å². The van der Waals surface area contributed by atoms with E-state index in [2.05, 4.69) is 64.2 Å². The first-order chi connectivity index (χ1) is 12.1. The van der Waals surface area contributed by atoms with Gasteiger partial charge in [-0.05, 0) is 0 Å². The summed E-state index contributed by atoms with van der Waals surface area (Å²) >= 11 is -0.779. The van der Waals surface area contributed by atoms with Crippen LogP contribution in [0.4, 0.5) is 0 Å². The van der Waals surface area contributed by atoms with E-state index in [1.807, 2.05) is 11.1 Å². The SMILES string of the molecule is CC(C)C1CC2CC=CC=C2[CH]1[Hf+2][CH]1C2=CC=CCC2CC1C(C)C.[Cl-].[Cl-]. The van der Waals surface area contributed by atoms with Crippen molar-refractivity contribution < 1.29 is 47.7 Å². The summed E-state index contributed by atoms with van der Waals surface area (Å²) in [5, 5.41) is 0. The summed E-state index contributed by atoms with van der Waals surface area (Å²) in [5.41, 5.74) is 3.78. The maximum atomic E-state index is 2.54. The van der Waals surface area contributed by atoms with Crippen LogP contribution >= 0.6 is 0 Å². The van der Waals surface area contributed by atoms with Crippen molar-refractivity contribution >= 4 is 0 Å². The second kappa shape index (κ2) is 9.94. The number of fused-ring (bicyclic) bond motifs is 2. The second-order valence-corrected chi connectivity index (χ2v) is 15.1. The van der Waals surface area contributed by atoms with E-state index in [0.29, 0.717) is 0 Å².